The number of thioether (sulfide) groups is 1. The lowest BCUT2D eigenvalue weighted by molar-refractivity contribution is -0.118. The third kappa shape index (κ3) is 5.73. The SMILES string of the molecule is COc1cccc(/C(C)=N/NC(=O)CSc2nnc(-c3ccc(Br)cc3)n2-c2ccccc2)c1. The number of carbonyl (C=O) groups is 1. The predicted octanol–water partition coefficient (Wildman–Crippen LogP) is 5.34. The number of benzene rings is 3. The summed E-state index contributed by atoms with van der Waals surface area (Å²) in [5.41, 5.74) is 6.01. The van der Waals surface area contributed by atoms with Gasteiger partial charge in [0.25, 0.3) is 5.91 Å². The largest absolute Gasteiger partial charge is 0.497 e. The summed E-state index contributed by atoms with van der Waals surface area (Å²) in [6.45, 7) is 1.83. The van der Waals surface area contributed by atoms with E-state index < -0.39 is 0 Å². The van der Waals surface area contributed by atoms with Crippen molar-refractivity contribution in [3.8, 4) is 22.8 Å². The molecule has 3 aromatic carbocycles. The molecule has 0 aliphatic heterocycles. The Morgan fingerprint density at radius 3 is 2.56 bits per heavy atom. The molecular formula is C25H22BrN5O2S. The number of halogens is 1. The van der Waals surface area contributed by atoms with Crippen molar-refractivity contribution >= 4 is 39.3 Å². The summed E-state index contributed by atoms with van der Waals surface area (Å²) in [6, 6.07) is 25.2. The highest BCUT2D eigenvalue weighted by Crippen LogP contribution is 2.28. The zero-order valence-corrected chi connectivity index (χ0v) is 21.0. The molecular weight excluding hydrogens is 514 g/mol. The van der Waals surface area contributed by atoms with Crippen LogP contribution < -0.4 is 10.2 Å². The number of amides is 1. The predicted molar refractivity (Wildman–Crippen MR) is 139 cm³/mol. The van der Waals surface area contributed by atoms with Gasteiger partial charge in [-0.15, -0.1) is 10.2 Å². The van der Waals surface area contributed by atoms with Crippen LogP contribution in [0.5, 0.6) is 5.75 Å². The first-order valence-electron chi connectivity index (χ1n) is 10.4. The molecule has 9 heteroatoms. The minimum absolute atomic E-state index is 0.139. The highest BCUT2D eigenvalue weighted by atomic mass is 79.9. The van der Waals surface area contributed by atoms with E-state index in [1.54, 1.807) is 7.11 Å². The molecule has 0 fully saturated rings. The van der Waals surface area contributed by atoms with Gasteiger partial charge in [0, 0.05) is 21.3 Å². The second-order valence-electron chi connectivity index (χ2n) is 7.24. The van der Waals surface area contributed by atoms with Crippen LogP contribution in [0.2, 0.25) is 0 Å². The van der Waals surface area contributed by atoms with Crippen molar-refractivity contribution in [2.45, 2.75) is 12.1 Å². The molecule has 0 bridgehead atoms. The van der Waals surface area contributed by atoms with Gasteiger partial charge >= 0.3 is 0 Å². The van der Waals surface area contributed by atoms with E-state index in [9.17, 15) is 4.79 Å². The number of methoxy groups -OCH3 is 1. The van der Waals surface area contributed by atoms with Crippen molar-refractivity contribution in [1.82, 2.24) is 20.2 Å². The maximum atomic E-state index is 12.5. The molecule has 1 N–H and O–H groups in total. The summed E-state index contributed by atoms with van der Waals surface area (Å²) in [5, 5.41) is 13.6. The number of rotatable bonds is 8. The van der Waals surface area contributed by atoms with Crippen LogP contribution in [0.3, 0.4) is 0 Å². The van der Waals surface area contributed by atoms with Gasteiger partial charge in [-0.25, -0.2) is 5.43 Å². The molecule has 0 saturated carbocycles. The smallest absolute Gasteiger partial charge is 0.250 e. The molecule has 0 aliphatic rings. The Balaban J connectivity index is 1.50. The monoisotopic (exact) mass is 535 g/mol. The van der Waals surface area contributed by atoms with Crippen LogP contribution in [0.25, 0.3) is 17.1 Å². The number of carbonyl (C=O) groups excluding carboxylic acids is 1. The molecule has 1 amide bonds. The van der Waals surface area contributed by atoms with Crippen LogP contribution in [-0.4, -0.2) is 39.2 Å². The van der Waals surface area contributed by atoms with Crippen LogP contribution >= 0.6 is 27.7 Å². The molecule has 1 aromatic heterocycles. The van der Waals surface area contributed by atoms with Crippen molar-refractivity contribution in [2.24, 2.45) is 5.10 Å². The molecule has 0 radical (unpaired) electrons. The summed E-state index contributed by atoms with van der Waals surface area (Å²) in [4.78, 5) is 12.5. The summed E-state index contributed by atoms with van der Waals surface area (Å²) >= 11 is 4.77. The van der Waals surface area contributed by atoms with E-state index in [2.05, 4.69) is 36.7 Å². The molecule has 0 saturated heterocycles. The number of hydrogen-bond acceptors (Lipinski definition) is 6. The van der Waals surface area contributed by atoms with E-state index in [1.165, 1.54) is 11.8 Å². The van der Waals surface area contributed by atoms with Crippen molar-refractivity contribution in [1.29, 1.82) is 0 Å². The number of nitrogens with one attached hydrogen (secondary N) is 1. The van der Waals surface area contributed by atoms with Gasteiger partial charge in [-0.3, -0.25) is 9.36 Å². The Bertz CT molecular complexity index is 1310. The molecule has 7 nitrogen and oxygen atoms in total. The second kappa shape index (κ2) is 11.1. The highest BCUT2D eigenvalue weighted by Gasteiger charge is 2.17. The van der Waals surface area contributed by atoms with Gasteiger partial charge in [0.05, 0.1) is 18.6 Å². The number of hydrogen-bond donors (Lipinski definition) is 1. The van der Waals surface area contributed by atoms with Crippen LogP contribution in [0.4, 0.5) is 0 Å². The van der Waals surface area contributed by atoms with E-state index in [-0.39, 0.29) is 11.7 Å². The van der Waals surface area contributed by atoms with Crippen LogP contribution in [0, 0.1) is 0 Å². The average molecular weight is 536 g/mol. The molecule has 0 spiro atoms. The fourth-order valence-corrected chi connectivity index (χ4v) is 4.19. The molecule has 0 atom stereocenters. The lowest BCUT2D eigenvalue weighted by atomic mass is 10.1. The Kier molecular flexibility index (Phi) is 7.76. The first-order valence-corrected chi connectivity index (χ1v) is 12.2. The summed E-state index contributed by atoms with van der Waals surface area (Å²) in [5.74, 6) is 1.34. The third-order valence-electron chi connectivity index (χ3n) is 4.92. The Morgan fingerprint density at radius 1 is 1.06 bits per heavy atom. The Hall–Kier alpha value is -3.43. The van der Waals surface area contributed by atoms with Gasteiger partial charge in [0.15, 0.2) is 11.0 Å². The lowest BCUT2D eigenvalue weighted by Gasteiger charge is -2.10. The molecule has 4 aromatic rings. The zero-order valence-electron chi connectivity index (χ0n) is 18.6. The van der Waals surface area contributed by atoms with Crippen LogP contribution in [0.15, 0.2) is 93.6 Å². The van der Waals surface area contributed by atoms with E-state index in [4.69, 9.17) is 4.74 Å². The van der Waals surface area contributed by atoms with Crippen LogP contribution in [-0.2, 0) is 4.79 Å². The van der Waals surface area contributed by atoms with E-state index in [0.29, 0.717) is 16.7 Å². The third-order valence-corrected chi connectivity index (χ3v) is 6.38. The summed E-state index contributed by atoms with van der Waals surface area (Å²) in [6.07, 6.45) is 0. The number of nitrogens with zero attached hydrogens (tertiary/aromatic N) is 4. The maximum Gasteiger partial charge on any atom is 0.250 e. The minimum Gasteiger partial charge on any atom is -0.497 e. The van der Waals surface area contributed by atoms with Gasteiger partial charge < -0.3 is 4.74 Å². The number of ether oxygens (including phenoxy) is 1. The molecule has 0 unspecified atom stereocenters. The normalized spacial score (nSPS) is 11.3. The molecule has 0 aliphatic carbocycles. The van der Waals surface area contributed by atoms with Gasteiger partial charge in [0.2, 0.25) is 0 Å². The zero-order chi connectivity index (χ0) is 23.9. The number of para-hydroxylation sites is 1. The van der Waals surface area contributed by atoms with Gasteiger partial charge in [-0.1, -0.05) is 70.2 Å². The highest BCUT2D eigenvalue weighted by molar-refractivity contribution is 9.10. The van der Waals surface area contributed by atoms with Crippen molar-refractivity contribution in [3.63, 3.8) is 0 Å². The van der Waals surface area contributed by atoms with Gasteiger partial charge in [-0.2, -0.15) is 5.10 Å². The van der Waals surface area contributed by atoms with Crippen LogP contribution in [0.1, 0.15) is 12.5 Å². The first-order chi connectivity index (χ1) is 16.5. The molecule has 4 rings (SSSR count). The fourth-order valence-electron chi connectivity index (χ4n) is 3.18. The quantitative estimate of drug-likeness (QED) is 0.187. The molecule has 1 heterocycles. The minimum atomic E-state index is -0.236. The topological polar surface area (TPSA) is 81.4 Å². The van der Waals surface area contributed by atoms with E-state index in [1.807, 2.05) is 90.4 Å². The average Bonchev–Trinajstić information content (AvgIpc) is 3.31. The Morgan fingerprint density at radius 2 is 1.82 bits per heavy atom. The molecule has 34 heavy (non-hydrogen) atoms. The standard InChI is InChI=1S/C25H22BrN5O2S/c1-17(19-7-6-10-22(15-19)33-2)27-28-23(32)16-34-25-30-29-24(18-11-13-20(26)14-12-18)31(25)21-8-4-3-5-9-21/h3-15H,16H2,1-2H3,(H,28,32)/b27-17+. The molecule has 172 valence electrons. The first kappa shape index (κ1) is 23.7. The number of hydrazone groups is 1. The van der Waals surface area contributed by atoms with Crippen molar-refractivity contribution in [2.75, 3.05) is 12.9 Å². The number of aromatic nitrogens is 3. The van der Waals surface area contributed by atoms with Gasteiger partial charge in [0.1, 0.15) is 5.75 Å². The van der Waals surface area contributed by atoms with Gasteiger partial charge in [-0.05, 0) is 43.3 Å². The van der Waals surface area contributed by atoms with Crippen molar-refractivity contribution < 1.29 is 9.53 Å². The Labute approximate surface area is 210 Å². The lowest BCUT2D eigenvalue weighted by Crippen LogP contribution is -2.21. The van der Waals surface area contributed by atoms with Crippen molar-refractivity contribution in [3.05, 3.63) is 88.9 Å². The van der Waals surface area contributed by atoms with E-state index >= 15 is 0 Å². The summed E-state index contributed by atoms with van der Waals surface area (Å²) in [7, 11) is 1.61. The maximum absolute atomic E-state index is 12.5. The summed E-state index contributed by atoms with van der Waals surface area (Å²) < 4.78 is 8.18. The second-order valence-corrected chi connectivity index (χ2v) is 9.10. The fraction of sp³-hybridized carbons (Fsp3) is 0.120. The van der Waals surface area contributed by atoms with E-state index in [0.717, 1.165) is 27.0 Å².